The maximum absolute atomic E-state index is 10.7. The van der Waals surface area contributed by atoms with Gasteiger partial charge in [-0.15, -0.1) is 0 Å². The summed E-state index contributed by atoms with van der Waals surface area (Å²) in [6.07, 6.45) is 4.78. The fraction of sp³-hybridized carbons (Fsp3) is 0.929. The molecule has 0 radical (unpaired) electrons. The third kappa shape index (κ3) is 5.09. The van der Waals surface area contributed by atoms with E-state index in [1.54, 1.807) is 0 Å². The molecule has 2 aliphatic heterocycles. The SMILES string of the molecule is O=C(O)CCC1CCCCN1CCN1CCOCC1. The number of carboxylic acids is 1. The zero-order valence-corrected chi connectivity index (χ0v) is 11.7. The minimum absolute atomic E-state index is 0.304. The van der Waals surface area contributed by atoms with Crippen molar-refractivity contribution in [2.45, 2.75) is 38.1 Å². The first-order chi connectivity index (χ1) is 9.25. The van der Waals surface area contributed by atoms with Crippen molar-refractivity contribution in [2.75, 3.05) is 45.9 Å². The van der Waals surface area contributed by atoms with Crippen LogP contribution in [0.15, 0.2) is 0 Å². The molecule has 0 aromatic rings. The van der Waals surface area contributed by atoms with Crippen molar-refractivity contribution in [3.63, 3.8) is 0 Å². The molecule has 5 heteroatoms. The fourth-order valence-electron chi connectivity index (χ4n) is 3.07. The van der Waals surface area contributed by atoms with Gasteiger partial charge >= 0.3 is 5.97 Å². The molecular formula is C14H26N2O3. The van der Waals surface area contributed by atoms with Gasteiger partial charge in [0.05, 0.1) is 13.2 Å². The van der Waals surface area contributed by atoms with E-state index < -0.39 is 5.97 Å². The van der Waals surface area contributed by atoms with Crippen molar-refractivity contribution >= 4 is 5.97 Å². The molecule has 110 valence electrons. The second kappa shape index (κ2) is 7.82. The standard InChI is InChI=1S/C14H26N2O3/c17-14(18)5-4-13-3-1-2-6-16(13)8-7-15-9-11-19-12-10-15/h13H,1-12H2,(H,17,18). The Morgan fingerprint density at radius 1 is 1.16 bits per heavy atom. The average Bonchev–Trinajstić information content (AvgIpc) is 2.45. The van der Waals surface area contributed by atoms with E-state index in [1.165, 1.54) is 12.8 Å². The lowest BCUT2D eigenvalue weighted by atomic mass is 9.98. The van der Waals surface area contributed by atoms with E-state index in [4.69, 9.17) is 9.84 Å². The molecule has 2 heterocycles. The van der Waals surface area contributed by atoms with E-state index >= 15 is 0 Å². The highest BCUT2D eigenvalue weighted by atomic mass is 16.5. The van der Waals surface area contributed by atoms with Crippen molar-refractivity contribution in [1.29, 1.82) is 0 Å². The first-order valence-electron chi connectivity index (χ1n) is 7.51. The molecule has 0 spiro atoms. The molecule has 2 aliphatic rings. The Balaban J connectivity index is 1.73. The molecule has 1 unspecified atom stereocenters. The molecule has 0 amide bonds. The monoisotopic (exact) mass is 270 g/mol. The molecule has 0 aromatic carbocycles. The molecule has 0 aromatic heterocycles. The number of morpholine rings is 1. The summed E-state index contributed by atoms with van der Waals surface area (Å²) in [7, 11) is 0. The molecule has 5 nitrogen and oxygen atoms in total. The minimum atomic E-state index is -0.668. The highest BCUT2D eigenvalue weighted by Crippen LogP contribution is 2.20. The molecule has 0 saturated carbocycles. The van der Waals surface area contributed by atoms with Gasteiger partial charge in [0, 0.05) is 38.6 Å². The Morgan fingerprint density at radius 3 is 2.68 bits per heavy atom. The van der Waals surface area contributed by atoms with Crippen molar-refractivity contribution in [2.24, 2.45) is 0 Å². The lowest BCUT2D eigenvalue weighted by Crippen LogP contribution is -2.46. The number of hydrogen-bond acceptors (Lipinski definition) is 4. The first-order valence-corrected chi connectivity index (χ1v) is 7.51. The summed E-state index contributed by atoms with van der Waals surface area (Å²) in [6.45, 7) is 7.07. The molecule has 2 fully saturated rings. The van der Waals surface area contributed by atoms with E-state index in [-0.39, 0.29) is 0 Å². The van der Waals surface area contributed by atoms with Gasteiger partial charge in [0.2, 0.25) is 0 Å². The third-order valence-corrected chi connectivity index (χ3v) is 4.25. The van der Waals surface area contributed by atoms with E-state index in [9.17, 15) is 4.79 Å². The Labute approximate surface area is 115 Å². The summed E-state index contributed by atoms with van der Waals surface area (Å²) in [5.74, 6) is -0.668. The van der Waals surface area contributed by atoms with Crippen LogP contribution in [0.1, 0.15) is 32.1 Å². The first kappa shape index (κ1) is 14.8. The van der Waals surface area contributed by atoms with Crippen LogP contribution in [0.25, 0.3) is 0 Å². The normalized spacial score (nSPS) is 26.4. The summed E-state index contributed by atoms with van der Waals surface area (Å²) in [5.41, 5.74) is 0. The van der Waals surface area contributed by atoms with Crippen LogP contribution in [0.5, 0.6) is 0 Å². The Bertz CT molecular complexity index is 280. The fourth-order valence-corrected chi connectivity index (χ4v) is 3.07. The molecule has 1 N–H and O–H groups in total. The summed E-state index contributed by atoms with van der Waals surface area (Å²) < 4.78 is 5.36. The summed E-state index contributed by atoms with van der Waals surface area (Å²) >= 11 is 0. The number of rotatable bonds is 6. The number of carbonyl (C=O) groups is 1. The van der Waals surface area contributed by atoms with Crippen LogP contribution in [0, 0.1) is 0 Å². The summed E-state index contributed by atoms with van der Waals surface area (Å²) in [4.78, 5) is 15.7. The van der Waals surface area contributed by atoms with Crippen molar-refractivity contribution < 1.29 is 14.6 Å². The quantitative estimate of drug-likeness (QED) is 0.781. The van der Waals surface area contributed by atoms with Crippen LogP contribution >= 0.6 is 0 Å². The maximum atomic E-state index is 10.7. The van der Waals surface area contributed by atoms with Crippen LogP contribution in [0.4, 0.5) is 0 Å². The van der Waals surface area contributed by atoms with Crippen molar-refractivity contribution in [1.82, 2.24) is 9.80 Å². The molecule has 0 aliphatic carbocycles. The van der Waals surface area contributed by atoms with Crippen molar-refractivity contribution in [3.8, 4) is 0 Å². The molecule has 2 saturated heterocycles. The van der Waals surface area contributed by atoms with Gasteiger partial charge in [-0.1, -0.05) is 6.42 Å². The van der Waals surface area contributed by atoms with Crippen LogP contribution in [0.3, 0.4) is 0 Å². The zero-order chi connectivity index (χ0) is 13.5. The smallest absolute Gasteiger partial charge is 0.303 e. The largest absolute Gasteiger partial charge is 0.481 e. The average molecular weight is 270 g/mol. The van der Waals surface area contributed by atoms with Crippen LogP contribution in [-0.4, -0.2) is 72.9 Å². The van der Waals surface area contributed by atoms with E-state index in [1.807, 2.05) is 0 Å². The number of ether oxygens (including phenoxy) is 1. The van der Waals surface area contributed by atoms with E-state index in [0.717, 1.165) is 58.8 Å². The van der Waals surface area contributed by atoms with E-state index in [2.05, 4.69) is 9.80 Å². The number of nitrogens with zero attached hydrogens (tertiary/aromatic N) is 2. The molecule has 0 bridgehead atoms. The number of hydrogen-bond donors (Lipinski definition) is 1. The summed E-state index contributed by atoms with van der Waals surface area (Å²) in [5, 5.41) is 8.82. The molecular weight excluding hydrogens is 244 g/mol. The Kier molecular flexibility index (Phi) is 6.07. The molecule has 2 rings (SSSR count). The second-order valence-corrected chi connectivity index (χ2v) is 5.57. The van der Waals surface area contributed by atoms with Gasteiger partial charge in [-0.3, -0.25) is 14.6 Å². The predicted octanol–water partition coefficient (Wildman–Crippen LogP) is 1.04. The van der Waals surface area contributed by atoms with Gasteiger partial charge in [-0.05, 0) is 25.8 Å². The second-order valence-electron chi connectivity index (χ2n) is 5.57. The van der Waals surface area contributed by atoms with E-state index in [0.29, 0.717) is 12.5 Å². The Morgan fingerprint density at radius 2 is 1.95 bits per heavy atom. The van der Waals surface area contributed by atoms with Crippen LogP contribution in [-0.2, 0) is 9.53 Å². The van der Waals surface area contributed by atoms with Gasteiger partial charge in [-0.25, -0.2) is 0 Å². The highest BCUT2D eigenvalue weighted by Gasteiger charge is 2.23. The predicted molar refractivity (Wildman–Crippen MR) is 73.3 cm³/mol. The van der Waals surface area contributed by atoms with Crippen molar-refractivity contribution in [3.05, 3.63) is 0 Å². The van der Waals surface area contributed by atoms with Crippen LogP contribution < -0.4 is 0 Å². The Hall–Kier alpha value is -0.650. The number of carboxylic acid groups (broad SMARTS) is 1. The van der Waals surface area contributed by atoms with Gasteiger partial charge < -0.3 is 9.84 Å². The third-order valence-electron chi connectivity index (χ3n) is 4.25. The number of aliphatic carboxylic acids is 1. The van der Waals surface area contributed by atoms with Gasteiger partial charge in [0.1, 0.15) is 0 Å². The maximum Gasteiger partial charge on any atom is 0.303 e. The van der Waals surface area contributed by atoms with Gasteiger partial charge in [0.15, 0.2) is 0 Å². The number of piperidine rings is 1. The molecule has 19 heavy (non-hydrogen) atoms. The highest BCUT2D eigenvalue weighted by molar-refractivity contribution is 5.66. The molecule has 1 atom stereocenters. The minimum Gasteiger partial charge on any atom is -0.481 e. The lowest BCUT2D eigenvalue weighted by Gasteiger charge is -2.37. The van der Waals surface area contributed by atoms with Gasteiger partial charge in [0.25, 0.3) is 0 Å². The lowest BCUT2D eigenvalue weighted by molar-refractivity contribution is -0.137. The van der Waals surface area contributed by atoms with Gasteiger partial charge in [-0.2, -0.15) is 0 Å². The topological polar surface area (TPSA) is 53.0 Å². The number of likely N-dealkylation sites (tertiary alicyclic amines) is 1. The zero-order valence-electron chi connectivity index (χ0n) is 11.7. The summed E-state index contributed by atoms with van der Waals surface area (Å²) in [6, 6.07) is 0.478. The van der Waals surface area contributed by atoms with Crippen LogP contribution in [0.2, 0.25) is 0 Å².